The Morgan fingerprint density at radius 2 is 2.09 bits per heavy atom. The predicted molar refractivity (Wildman–Crippen MR) is 44.8 cm³/mol. The van der Waals surface area contributed by atoms with Crippen molar-refractivity contribution >= 4 is 0 Å². The van der Waals surface area contributed by atoms with Crippen molar-refractivity contribution in [1.82, 2.24) is 0 Å². The van der Waals surface area contributed by atoms with Crippen LogP contribution in [0.15, 0.2) is 12.3 Å². The number of hydrogen-bond acceptors (Lipinski definition) is 2. The molecule has 0 saturated heterocycles. The minimum absolute atomic E-state index is 0.297. The molecule has 0 fully saturated rings. The lowest BCUT2D eigenvalue weighted by Crippen LogP contribution is -2.03. The molecule has 0 amide bonds. The molecule has 0 saturated carbocycles. The van der Waals surface area contributed by atoms with Gasteiger partial charge in [0.05, 0.1) is 4.92 Å². The van der Waals surface area contributed by atoms with Crippen LogP contribution in [-0.2, 0) is 0 Å². The monoisotopic (exact) mass is 157 g/mol. The van der Waals surface area contributed by atoms with Crippen molar-refractivity contribution in [2.24, 2.45) is 11.8 Å². The fourth-order valence-electron chi connectivity index (χ4n) is 0.767. The maximum absolute atomic E-state index is 9.93. The van der Waals surface area contributed by atoms with E-state index in [1.54, 1.807) is 6.08 Å². The summed E-state index contributed by atoms with van der Waals surface area (Å²) in [5, 5.41) is 9.93. The molecule has 0 radical (unpaired) electrons. The van der Waals surface area contributed by atoms with Crippen LogP contribution in [-0.4, -0.2) is 4.92 Å². The fraction of sp³-hybridized carbons (Fsp3) is 0.750. The molecule has 0 aromatic rings. The largest absolute Gasteiger partial charge is 0.259 e. The number of nitro groups is 1. The third-order valence-electron chi connectivity index (χ3n) is 2.05. The maximum atomic E-state index is 9.93. The predicted octanol–water partition coefficient (Wildman–Crippen LogP) is 2.46. The molecule has 3 heteroatoms. The van der Waals surface area contributed by atoms with Gasteiger partial charge in [-0.15, -0.1) is 0 Å². The Balaban J connectivity index is 3.85. The van der Waals surface area contributed by atoms with Gasteiger partial charge in [0.2, 0.25) is 6.20 Å². The lowest BCUT2D eigenvalue weighted by atomic mass is 9.94. The molecule has 0 aromatic carbocycles. The lowest BCUT2D eigenvalue weighted by molar-refractivity contribution is -0.402. The summed E-state index contributed by atoms with van der Waals surface area (Å²) in [5.41, 5.74) is 0. The van der Waals surface area contributed by atoms with Gasteiger partial charge in [-0.3, -0.25) is 10.1 Å². The Labute approximate surface area is 67.3 Å². The molecule has 0 spiro atoms. The van der Waals surface area contributed by atoms with Gasteiger partial charge in [0.15, 0.2) is 0 Å². The van der Waals surface area contributed by atoms with Gasteiger partial charge in [0.1, 0.15) is 0 Å². The highest BCUT2D eigenvalue weighted by molar-refractivity contribution is 4.82. The van der Waals surface area contributed by atoms with Crippen LogP contribution >= 0.6 is 0 Å². The van der Waals surface area contributed by atoms with Crippen molar-refractivity contribution in [3.8, 4) is 0 Å². The van der Waals surface area contributed by atoms with Crippen LogP contribution in [0.3, 0.4) is 0 Å². The first-order chi connectivity index (χ1) is 5.07. The minimum Gasteiger partial charge on any atom is -0.259 e. The average molecular weight is 157 g/mol. The van der Waals surface area contributed by atoms with Gasteiger partial charge >= 0.3 is 0 Å². The van der Waals surface area contributed by atoms with Crippen LogP contribution in [0.4, 0.5) is 0 Å². The second kappa shape index (κ2) is 4.88. The summed E-state index contributed by atoms with van der Waals surface area (Å²) in [6.45, 7) is 6.17. The number of rotatable bonds is 4. The zero-order valence-electron chi connectivity index (χ0n) is 7.28. The van der Waals surface area contributed by atoms with E-state index in [-0.39, 0.29) is 0 Å². The van der Waals surface area contributed by atoms with Gasteiger partial charge in [-0.2, -0.15) is 0 Å². The second-order valence-electron chi connectivity index (χ2n) is 2.87. The van der Waals surface area contributed by atoms with Crippen molar-refractivity contribution in [3.63, 3.8) is 0 Å². The molecule has 64 valence electrons. The topological polar surface area (TPSA) is 43.1 Å². The normalized spacial score (nSPS) is 16.6. The first-order valence-corrected chi connectivity index (χ1v) is 3.89. The molecule has 2 unspecified atom stereocenters. The van der Waals surface area contributed by atoms with Crippen molar-refractivity contribution in [2.75, 3.05) is 0 Å². The Bertz CT molecular complexity index is 154. The molecule has 0 bridgehead atoms. The van der Waals surface area contributed by atoms with E-state index in [9.17, 15) is 10.1 Å². The molecule has 0 rings (SSSR count). The zero-order valence-corrected chi connectivity index (χ0v) is 7.28. The Morgan fingerprint density at radius 1 is 1.55 bits per heavy atom. The third-order valence-corrected chi connectivity index (χ3v) is 2.05. The van der Waals surface area contributed by atoms with Crippen LogP contribution in [0.1, 0.15) is 27.2 Å². The zero-order chi connectivity index (χ0) is 8.85. The molecule has 11 heavy (non-hydrogen) atoms. The van der Waals surface area contributed by atoms with Crippen LogP contribution in [0.25, 0.3) is 0 Å². The molecule has 0 heterocycles. The number of hydrogen-bond donors (Lipinski definition) is 0. The van der Waals surface area contributed by atoms with Crippen molar-refractivity contribution in [2.45, 2.75) is 27.2 Å². The van der Waals surface area contributed by atoms with Crippen LogP contribution in [0, 0.1) is 22.0 Å². The van der Waals surface area contributed by atoms with Gasteiger partial charge < -0.3 is 0 Å². The van der Waals surface area contributed by atoms with Gasteiger partial charge in [-0.25, -0.2) is 0 Å². The summed E-state index contributed by atoms with van der Waals surface area (Å²) in [6.07, 6.45) is 3.73. The lowest BCUT2D eigenvalue weighted by Gasteiger charge is -2.11. The van der Waals surface area contributed by atoms with Gasteiger partial charge in [0.25, 0.3) is 0 Å². The van der Waals surface area contributed by atoms with E-state index < -0.39 is 4.92 Å². The van der Waals surface area contributed by atoms with Gasteiger partial charge in [-0.05, 0) is 17.9 Å². The third kappa shape index (κ3) is 4.53. The van der Waals surface area contributed by atoms with Crippen molar-refractivity contribution in [1.29, 1.82) is 0 Å². The van der Waals surface area contributed by atoms with E-state index in [0.717, 1.165) is 12.6 Å². The van der Waals surface area contributed by atoms with E-state index in [1.807, 2.05) is 6.92 Å². The fourth-order valence-corrected chi connectivity index (χ4v) is 0.767. The Hall–Kier alpha value is -0.860. The summed E-state index contributed by atoms with van der Waals surface area (Å²) in [6, 6.07) is 0. The molecule has 0 aliphatic heterocycles. The van der Waals surface area contributed by atoms with Crippen LogP contribution in [0.5, 0.6) is 0 Å². The summed E-state index contributed by atoms with van der Waals surface area (Å²) in [4.78, 5) is 9.52. The molecule has 3 nitrogen and oxygen atoms in total. The van der Waals surface area contributed by atoms with Crippen LogP contribution < -0.4 is 0 Å². The highest BCUT2D eigenvalue weighted by Crippen LogP contribution is 2.15. The van der Waals surface area contributed by atoms with E-state index in [2.05, 4.69) is 13.8 Å². The first kappa shape index (κ1) is 10.1. The van der Waals surface area contributed by atoms with Gasteiger partial charge in [0, 0.05) is 0 Å². The van der Waals surface area contributed by atoms with Crippen LogP contribution in [0.2, 0.25) is 0 Å². The van der Waals surface area contributed by atoms with E-state index in [1.165, 1.54) is 0 Å². The van der Waals surface area contributed by atoms with Crippen molar-refractivity contribution < 1.29 is 4.92 Å². The van der Waals surface area contributed by atoms with E-state index in [4.69, 9.17) is 0 Å². The molecular weight excluding hydrogens is 142 g/mol. The highest BCUT2D eigenvalue weighted by atomic mass is 16.6. The van der Waals surface area contributed by atoms with E-state index in [0.29, 0.717) is 11.8 Å². The Morgan fingerprint density at radius 3 is 2.45 bits per heavy atom. The average Bonchev–Trinajstić information content (AvgIpc) is 1.98. The number of allylic oxidation sites excluding steroid dienone is 1. The molecule has 0 aromatic heterocycles. The highest BCUT2D eigenvalue weighted by Gasteiger charge is 2.06. The minimum atomic E-state index is -0.418. The quantitative estimate of drug-likeness (QED) is 0.464. The smallest absolute Gasteiger partial charge is 0.230 e. The van der Waals surface area contributed by atoms with E-state index >= 15 is 0 Å². The summed E-state index contributed by atoms with van der Waals surface area (Å²) in [7, 11) is 0. The molecule has 2 atom stereocenters. The second-order valence-corrected chi connectivity index (χ2v) is 2.87. The summed E-state index contributed by atoms with van der Waals surface area (Å²) >= 11 is 0. The summed E-state index contributed by atoms with van der Waals surface area (Å²) < 4.78 is 0. The summed E-state index contributed by atoms with van der Waals surface area (Å²) in [5.74, 6) is 0.816. The molecule has 0 aliphatic rings. The maximum Gasteiger partial charge on any atom is 0.230 e. The van der Waals surface area contributed by atoms with Gasteiger partial charge in [-0.1, -0.05) is 27.2 Å². The molecule has 0 N–H and O–H groups in total. The SMILES string of the molecule is CCC(C)C(C)/C=C/[N+](=O)[O-]. The van der Waals surface area contributed by atoms with Crippen molar-refractivity contribution in [3.05, 3.63) is 22.4 Å². The Kier molecular flexibility index (Phi) is 4.50. The first-order valence-electron chi connectivity index (χ1n) is 3.89. The standard InChI is InChI=1S/C8H15NO2/c1-4-7(2)8(3)5-6-9(10)11/h5-8H,4H2,1-3H3/b6-5+. The molecular formula is C8H15NO2. The molecule has 0 aliphatic carbocycles. The number of nitrogens with zero attached hydrogens (tertiary/aromatic N) is 1.